The number of nitrogens with one attached hydrogen (secondary N) is 2. The van der Waals surface area contributed by atoms with E-state index in [-0.39, 0.29) is 11.7 Å². The molecule has 9 heteroatoms. The van der Waals surface area contributed by atoms with Gasteiger partial charge < -0.3 is 15.0 Å². The van der Waals surface area contributed by atoms with Crippen LogP contribution in [0.2, 0.25) is 5.02 Å². The number of anilines is 2. The first-order valence-corrected chi connectivity index (χ1v) is 9.79. The van der Waals surface area contributed by atoms with Crippen LogP contribution in [-0.4, -0.2) is 48.0 Å². The van der Waals surface area contributed by atoms with Gasteiger partial charge in [0.1, 0.15) is 5.75 Å². The zero-order valence-corrected chi connectivity index (χ0v) is 17.3. The molecular formula is C19H20ClN5O2S. The van der Waals surface area contributed by atoms with Gasteiger partial charge in [-0.15, -0.1) is 5.10 Å². The lowest BCUT2D eigenvalue weighted by molar-refractivity contribution is -0.113. The third-order valence-corrected chi connectivity index (χ3v) is 4.96. The quantitative estimate of drug-likeness (QED) is 0.567. The molecule has 0 aliphatic heterocycles. The number of thioether (sulfide) groups is 1. The maximum atomic E-state index is 12.2. The molecule has 0 aliphatic carbocycles. The normalized spacial score (nSPS) is 10.6. The molecule has 28 heavy (non-hydrogen) atoms. The van der Waals surface area contributed by atoms with Crippen molar-refractivity contribution in [1.82, 2.24) is 15.2 Å². The van der Waals surface area contributed by atoms with Crippen molar-refractivity contribution in [2.24, 2.45) is 0 Å². The highest BCUT2D eigenvalue weighted by Crippen LogP contribution is 2.31. The number of nitrogens with zero attached hydrogens (tertiary/aromatic N) is 3. The summed E-state index contributed by atoms with van der Waals surface area (Å²) in [5.74, 6) is 1.23. The minimum absolute atomic E-state index is 0.130. The van der Waals surface area contributed by atoms with Crippen LogP contribution >= 0.6 is 23.4 Å². The summed E-state index contributed by atoms with van der Waals surface area (Å²) in [5.41, 5.74) is 2.52. The number of hydrogen-bond acceptors (Lipinski definition) is 6. The van der Waals surface area contributed by atoms with E-state index in [1.807, 2.05) is 43.3 Å². The van der Waals surface area contributed by atoms with Gasteiger partial charge in [0, 0.05) is 30.5 Å². The van der Waals surface area contributed by atoms with Crippen LogP contribution < -0.4 is 15.0 Å². The molecule has 0 saturated heterocycles. The fourth-order valence-corrected chi connectivity index (χ4v) is 3.24. The zero-order valence-electron chi connectivity index (χ0n) is 15.7. The predicted molar refractivity (Wildman–Crippen MR) is 114 cm³/mol. The molecule has 3 aromatic rings. The number of carbonyl (C=O) groups is 1. The number of ether oxygens (including phenoxy) is 1. The number of rotatable bonds is 7. The van der Waals surface area contributed by atoms with E-state index in [4.69, 9.17) is 16.3 Å². The van der Waals surface area contributed by atoms with E-state index in [9.17, 15) is 4.79 Å². The topological polar surface area (TPSA) is 83.1 Å². The Morgan fingerprint density at radius 2 is 2.00 bits per heavy atom. The first-order valence-electron chi connectivity index (χ1n) is 8.42. The molecule has 1 heterocycles. The van der Waals surface area contributed by atoms with Crippen LogP contribution in [-0.2, 0) is 4.79 Å². The summed E-state index contributed by atoms with van der Waals surface area (Å²) in [6.45, 7) is 0. The summed E-state index contributed by atoms with van der Waals surface area (Å²) in [6, 6.07) is 12.9. The Hall–Kier alpha value is -2.71. The van der Waals surface area contributed by atoms with E-state index in [0.29, 0.717) is 27.3 Å². The molecule has 1 amide bonds. The Morgan fingerprint density at radius 1 is 1.25 bits per heavy atom. The van der Waals surface area contributed by atoms with Gasteiger partial charge in [-0.1, -0.05) is 23.4 Å². The monoisotopic (exact) mass is 417 g/mol. The van der Waals surface area contributed by atoms with Crippen molar-refractivity contribution in [2.75, 3.05) is 37.2 Å². The number of H-pyrrole nitrogens is 1. The van der Waals surface area contributed by atoms with Crippen LogP contribution in [0.15, 0.2) is 47.6 Å². The van der Waals surface area contributed by atoms with Gasteiger partial charge in [0.15, 0.2) is 5.82 Å². The van der Waals surface area contributed by atoms with Crippen LogP contribution in [0.5, 0.6) is 5.75 Å². The number of amides is 1. The van der Waals surface area contributed by atoms with Crippen LogP contribution in [0.3, 0.4) is 0 Å². The van der Waals surface area contributed by atoms with Crippen molar-refractivity contribution in [3.05, 3.63) is 47.5 Å². The zero-order chi connectivity index (χ0) is 20.1. The maximum Gasteiger partial charge on any atom is 0.234 e. The summed E-state index contributed by atoms with van der Waals surface area (Å²) >= 11 is 7.30. The molecule has 0 unspecified atom stereocenters. The highest BCUT2D eigenvalue weighted by molar-refractivity contribution is 7.99. The van der Waals surface area contributed by atoms with Gasteiger partial charge in [0.05, 0.1) is 18.4 Å². The molecule has 0 aliphatic rings. The number of methoxy groups -OCH3 is 1. The van der Waals surface area contributed by atoms with Gasteiger partial charge in [-0.3, -0.25) is 9.89 Å². The van der Waals surface area contributed by atoms with Gasteiger partial charge in [0.25, 0.3) is 0 Å². The Labute approximate surface area is 172 Å². The number of benzene rings is 2. The Balaban J connectivity index is 1.60. The Morgan fingerprint density at radius 3 is 2.68 bits per heavy atom. The number of halogens is 1. The number of hydrogen-bond donors (Lipinski definition) is 2. The lowest BCUT2D eigenvalue weighted by Gasteiger charge is -2.12. The number of aromatic amines is 1. The highest BCUT2D eigenvalue weighted by Gasteiger charge is 2.13. The second kappa shape index (κ2) is 8.99. The largest absolute Gasteiger partial charge is 0.496 e. The van der Waals surface area contributed by atoms with E-state index >= 15 is 0 Å². The first kappa shape index (κ1) is 20.0. The summed E-state index contributed by atoms with van der Waals surface area (Å²) in [7, 11) is 5.51. The molecule has 0 spiro atoms. The molecular weight excluding hydrogens is 398 g/mol. The van der Waals surface area contributed by atoms with Crippen LogP contribution in [0.4, 0.5) is 11.4 Å². The molecule has 2 aromatic carbocycles. The summed E-state index contributed by atoms with van der Waals surface area (Å²) in [5, 5.41) is 10.9. The fraction of sp³-hybridized carbons (Fsp3) is 0.211. The van der Waals surface area contributed by atoms with Gasteiger partial charge in [-0.25, -0.2) is 4.98 Å². The first-order chi connectivity index (χ1) is 13.5. The Bertz CT molecular complexity index is 959. The van der Waals surface area contributed by atoms with Crippen LogP contribution in [0.25, 0.3) is 11.4 Å². The van der Waals surface area contributed by atoms with E-state index < -0.39 is 0 Å². The molecule has 0 radical (unpaired) electrons. The molecule has 3 rings (SSSR count). The van der Waals surface area contributed by atoms with Crippen molar-refractivity contribution in [3.8, 4) is 17.1 Å². The lowest BCUT2D eigenvalue weighted by Crippen LogP contribution is -2.14. The molecule has 0 saturated carbocycles. The van der Waals surface area contributed by atoms with Crippen molar-refractivity contribution in [2.45, 2.75) is 5.16 Å². The predicted octanol–water partition coefficient (Wildman–Crippen LogP) is 3.93. The van der Waals surface area contributed by atoms with Crippen molar-refractivity contribution < 1.29 is 9.53 Å². The smallest absolute Gasteiger partial charge is 0.234 e. The molecule has 0 fully saturated rings. The highest BCUT2D eigenvalue weighted by atomic mass is 35.5. The van der Waals surface area contributed by atoms with E-state index in [1.165, 1.54) is 11.8 Å². The van der Waals surface area contributed by atoms with Gasteiger partial charge >= 0.3 is 0 Å². The summed E-state index contributed by atoms with van der Waals surface area (Å²) in [6.07, 6.45) is 0. The van der Waals surface area contributed by atoms with Crippen molar-refractivity contribution in [1.29, 1.82) is 0 Å². The minimum atomic E-state index is -0.130. The molecule has 0 bridgehead atoms. The summed E-state index contributed by atoms with van der Waals surface area (Å²) < 4.78 is 5.33. The van der Waals surface area contributed by atoms with Gasteiger partial charge in [0.2, 0.25) is 11.1 Å². The van der Waals surface area contributed by atoms with Crippen molar-refractivity contribution >= 4 is 40.6 Å². The van der Waals surface area contributed by atoms with Crippen LogP contribution in [0.1, 0.15) is 0 Å². The van der Waals surface area contributed by atoms with E-state index in [1.54, 1.807) is 25.3 Å². The average Bonchev–Trinajstić information content (AvgIpc) is 3.15. The maximum absolute atomic E-state index is 12.2. The molecule has 7 nitrogen and oxygen atoms in total. The molecule has 2 N–H and O–H groups in total. The number of carbonyl (C=O) groups excluding carboxylic acids is 1. The third kappa shape index (κ3) is 4.96. The minimum Gasteiger partial charge on any atom is -0.496 e. The SMILES string of the molecule is COc1ccc(Cl)cc1-c1nc(SCC(=O)Nc2ccc(N(C)C)cc2)n[nH]1. The van der Waals surface area contributed by atoms with Gasteiger partial charge in [-0.2, -0.15) is 0 Å². The number of aromatic nitrogens is 3. The standard InChI is InChI=1S/C19H20ClN5O2S/c1-25(2)14-7-5-13(6-8-14)21-17(26)11-28-19-22-18(23-24-19)15-10-12(20)4-9-16(15)27-3/h4-10H,11H2,1-3H3,(H,21,26)(H,22,23,24). The molecule has 146 valence electrons. The Kier molecular flexibility index (Phi) is 6.43. The van der Waals surface area contributed by atoms with Crippen LogP contribution in [0, 0.1) is 0 Å². The lowest BCUT2D eigenvalue weighted by atomic mass is 10.2. The second-order valence-corrected chi connectivity index (χ2v) is 7.47. The fourth-order valence-electron chi connectivity index (χ4n) is 2.47. The molecule has 1 aromatic heterocycles. The third-order valence-electron chi connectivity index (χ3n) is 3.88. The molecule has 0 atom stereocenters. The van der Waals surface area contributed by atoms with E-state index in [0.717, 1.165) is 11.4 Å². The second-order valence-electron chi connectivity index (χ2n) is 6.09. The summed E-state index contributed by atoms with van der Waals surface area (Å²) in [4.78, 5) is 18.6. The average molecular weight is 418 g/mol. The van der Waals surface area contributed by atoms with E-state index in [2.05, 4.69) is 20.5 Å². The van der Waals surface area contributed by atoms with Crippen molar-refractivity contribution in [3.63, 3.8) is 0 Å². The van der Waals surface area contributed by atoms with Gasteiger partial charge in [-0.05, 0) is 42.5 Å².